The number of hydrogen-bond donors (Lipinski definition) is 0. The number of nitrogens with zero attached hydrogens (tertiary/aromatic N) is 4. The third-order valence-corrected chi connectivity index (χ3v) is 3.48. The molecule has 0 bridgehead atoms. The van der Waals surface area contributed by atoms with E-state index in [-0.39, 0.29) is 11.7 Å². The molecule has 0 saturated carbocycles. The van der Waals surface area contributed by atoms with Gasteiger partial charge in [0.15, 0.2) is 0 Å². The van der Waals surface area contributed by atoms with E-state index in [4.69, 9.17) is 4.52 Å². The Labute approximate surface area is 115 Å². The molecule has 0 aromatic carbocycles. The van der Waals surface area contributed by atoms with Crippen LogP contribution in [0, 0.1) is 17.0 Å². The van der Waals surface area contributed by atoms with Gasteiger partial charge in [-0.3, -0.25) is 10.1 Å². The van der Waals surface area contributed by atoms with E-state index in [0.29, 0.717) is 5.82 Å². The summed E-state index contributed by atoms with van der Waals surface area (Å²) in [4.78, 5) is 16.9. The van der Waals surface area contributed by atoms with Crippen LogP contribution in [0.1, 0.15) is 30.3 Å². The number of pyridine rings is 1. The molecule has 104 valence electrons. The Morgan fingerprint density at radius 3 is 3.10 bits per heavy atom. The van der Waals surface area contributed by atoms with Crippen LogP contribution in [-0.4, -0.2) is 21.6 Å². The molecule has 0 N–H and O–H groups in total. The Bertz CT molecular complexity index is 640. The van der Waals surface area contributed by atoms with Crippen molar-refractivity contribution in [2.75, 3.05) is 11.4 Å². The molecule has 3 rings (SSSR count). The van der Waals surface area contributed by atoms with Crippen LogP contribution in [0.15, 0.2) is 28.9 Å². The predicted octanol–water partition coefficient (Wildman–Crippen LogP) is 2.63. The van der Waals surface area contributed by atoms with Crippen LogP contribution in [0.4, 0.5) is 11.5 Å². The van der Waals surface area contributed by atoms with Gasteiger partial charge in [-0.1, -0.05) is 5.16 Å². The van der Waals surface area contributed by atoms with Gasteiger partial charge in [-0.2, -0.15) is 0 Å². The van der Waals surface area contributed by atoms with Gasteiger partial charge in [0, 0.05) is 24.9 Å². The standard InChI is InChI=1S/C13H14N4O3/c1-9-8-10(15-20-9)11-5-3-7-16(11)13-12(17(18)19)4-2-6-14-13/h2,4,6,8,11H,3,5,7H2,1H3. The summed E-state index contributed by atoms with van der Waals surface area (Å²) in [6.07, 6.45) is 3.41. The summed E-state index contributed by atoms with van der Waals surface area (Å²) in [7, 11) is 0. The molecule has 2 aromatic rings. The molecule has 0 amide bonds. The first kappa shape index (κ1) is 12.6. The quantitative estimate of drug-likeness (QED) is 0.631. The monoisotopic (exact) mass is 274 g/mol. The van der Waals surface area contributed by atoms with Crippen LogP contribution < -0.4 is 4.90 Å². The van der Waals surface area contributed by atoms with Crippen molar-refractivity contribution in [3.8, 4) is 0 Å². The lowest BCUT2D eigenvalue weighted by molar-refractivity contribution is -0.384. The van der Waals surface area contributed by atoms with Crippen molar-refractivity contribution >= 4 is 11.5 Å². The number of aryl methyl sites for hydroxylation is 1. The van der Waals surface area contributed by atoms with Gasteiger partial charge in [-0.25, -0.2) is 4.98 Å². The first-order valence-corrected chi connectivity index (χ1v) is 6.46. The second-order valence-electron chi connectivity index (χ2n) is 4.82. The largest absolute Gasteiger partial charge is 0.361 e. The fraction of sp³-hybridized carbons (Fsp3) is 0.385. The molecule has 3 heterocycles. The van der Waals surface area contributed by atoms with Crippen molar-refractivity contribution in [2.45, 2.75) is 25.8 Å². The van der Waals surface area contributed by atoms with Crippen molar-refractivity contribution in [2.24, 2.45) is 0 Å². The molecule has 0 spiro atoms. The summed E-state index contributed by atoms with van der Waals surface area (Å²) >= 11 is 0. The molecule has 1 aliphatic rings. The first-order valence-electron chi connectivity index (χ1n) is 6.46. The highest BCUT2D eigenvalue weighted by Crippen LogP contribution is 2.38. The molecule has 1 atom stereocenters. The predicted molar refractivity (Wildman–Crippen MR) is 71.5 cm³/mol. The van der Waals surface area contributed by atoms with Gasteiger partial charge in [0.05, 0.1) is 11.0 Å². The maximum absolute atomic E-state index is 11.1. The zero-order valence-corrected chi connectivity index (χ0v) is 11.0. The number of aromatic nitrogens is 2. The lowest BCUT2D eigenvalue weighted by Crippen LogP contribution is -2.24. The van der Waals surface area contributed by atoms with Crippen molar-refractivity contribution < 1.29 is 9.45 Å². The maximum Gasteiger partial charge on any atom is 0.311 e. The smallest absolute Gasteiger partial charge is 0.311 e. The summed E-state index contributed by atoms with van der Waals surface area (Å²) in [6.45, 7) is 2.56. The Morgan fingerprint density at radius 2 is 2.40 bits per heavy atom. The van der Waals surface area contributed by atoms with Gasteiger partial charge >= 0.3 is 5.69 Å². The van der Waals surface area contributed by atoms with E-state index in [2.05, 4.69) is 10.1 Å². The minimum Gasteiger partial charge on any atom is -0.361 e. The van der Waals surface area contributed by atoms with E-state index in [1.54, 1.807) is 12.3 Å². The highest BCUT2D eigenvalue weighted by atomic mass is 16.6. The average molecular weight is 274 g/mol. The zero-order valence-electron chi connectivity index (χ0n) is 11.0. The van der Waals surface area contributed by atoms with Crippen molar-refractivity contribution in [1.82, 2.24) is 10.1 Å². The zero-order chi connectivity index (χ0) is 14.1. The average Bonchev–Trinajstić information content (AvgIpc) is 3.06. The number of anilines is 1. The second kappa shape index (κ2) is 4.92. The van der Waals surface area contributed by atoms with Gasteiger partial charge < -0.3 is 9.42 Å². The van der Waals surface area contributed by atoms with Gasteiger partial charge in [0.1, 0.15) is 11.5 Å². The van der Waals surface area contributed by atoms with E-state index >= 15 is 0 Å². The van der Waals surface area contributed by atoms with Crippen molar-refractivity contribution in [1.29, 1.82) is 0 Å². The lowest BCUT2D eigenvalue weighted by Gasteiger charge is -2.23. The SMILES string of the molecule is Cc1cc(C2CCCN2c2ncccc2[N+](=O)[O-])no1. The summed E-state index contributed by atoms with van der Waals surface area (Å²) < 4.78 is 5.11. The van der Waals surface area contributed by atoms with Gasteiger partial charge in [-0.05, 0) is 25.8 Å². The van der Waals surface area contributed by atoms with Gasteiger partial charge in [0.2, 0.25) is 5.82 Å². The molecule has 1 saturated heterocycles. The minimum absolute atomic E-state index is 0.0129. The van der Waals surface area contributed by atoms with E-state index in [1.807, 2.05) is 17.9 Å². The first-order chi connectivity index (χ1) is 9.66. The van der Waals surface area contributed by atoms with Crippen LogP contribution in [0.25, 0.3) is 0 Å². The summed E-state index contributed by atoms with van der Waals surface area (Å²) in [5.41, 5.74) is 0.833. The minimum atomic E-state index is -0.397. The summed E-state index contributed by atoms with van der Waals surface area (Å²) in [5.74, 6) is 1.14. The highest BCUT2D eigenvalue weighted by molar-refractivity contribution is 5.59. The van der Waals surface area contributed by atoms with Crippen LogP contribution >= 0.6 is 0 Å². The van der Waals surface area contributed by atoms with E-state index in [0.717, 1.165) is 30.8 Å². The fourth-order valence-electron chi connectivity index (χ4n) is 2.62. The fourth-order valence-corrected chi connectivity index (χ4v) is 2.62. The Kier molecular flexibility index (Phi) is 3.09. The van der Waals surface area contributed by atoms with Gasteiger partial charge in [-0.15, -0.1) is 0 Å². The maximum atomic E-state index is 11.1. The molecule has 1 fully saturated rings. The topological polar surface area (TPSA) is 85.3 Å². The number of nitro groups is 1. The van der Waals surface area contributed by atoms with Crippen LogP contribution in [0.3, 0.4) is 0 Å². The number of rotatable bonds is 3. The third-order valence-electron chi connectivity index (χ3n) is 3.48. The molecule has 1 unspecified atom stereocenters. The Balaban J connectivity index is 1.99. The molecule has 0 radical (unpaired) electrons. The normalized spacial score (nSPS) is 18.4. The molecular weight excluding hydrogens is 260 g/mol. The summed E-state index contributed by atoms with van der Waals surface area (Å²) in [5, 5.41) is 15.2. The lowest BCUT2D eigenvalue weighted by atomic mass is 10.1. The van der Waals surface area contributed by atoms with Crippen LogP contribution in [0.2, 0.25) is 0 Å². The Hall–Kier alpha value is -2.44. The van der Waals surface area contributed by atoms with E-state index in [9.17, 15) is 10.1 Å². The molecule has 0 aliphatic carbocycles. The molecule has 7 nitrogen and oxygen atoms in total. The molecular formula is C13H14N4O3. The van der Waals surface area contributed by atoms with Crippen LogP contribution in [-0.2, 0) is 0 Å². The van der Waals surface area contributed by atoms with E-state index in [1.165, 1.54) is 6.07 Å². The van der Waals surface area contributed by atoms with E-state index < -0.39 is 4.92 Å². The molecule has 7 heteroatoms. The third kappa shape index (κ3) is 2.11. The second-order valence-corrected chi connectivity index (χ2v) is 4.82. The van der Waals surface area contributed by atoms with Crippen molar-refractivity contribution in [3.63, 3.8) is 0 Å². The van der Waals surface area contributed by atoms with Gasteiger partial charge in [0.25, 0.3) is 0 Å². The number of hydrogen-bond acceptors (Lipinski definition) is 6. The van der Waals surface area contributed by atoms with Crippen molar-refractivity contribution in [3.05, 3.63) is 46.0 Å². The van der Waals surface area contributed by atoms with Crippen LogP contribution in [0.5, 0.6) is 0 Å². The molecule has 20 heavy (non-hydrogen) atoms. The molecule has 2 aromatic heterocycles. The molecule has 1 aliphatic heterocycles. The highest BCUT2D eigenvalue weighted by Gasteiger charge is 2.33. The summed E-state index contributed by atoms with van der Waals surface area (Å²) in [6, 6.07) is 4.91. The Morgan fingerprint density at radius 1 is 1.55 bits per heavy atom.